The summed E-state index contributed by atoms with van der Waals surface area (Å²) in [5, 5.41) is 3.19. The van der Waals surface area contributed by atoms with Crippen LogP contribution in [0, 0.1) is 11.8 Å². The van der Waals surface area contributed by atoms with Gasteiger partial charge in [0.05, 0.1) is 5.92 Å². The SMILES string of the molecule is CCCC(=O)N1CCCC(C(=O)N2CCC(CNC)C2)C1.Cl. The van der Waals surface area contributed by atoms with E-state index < -0.39 is 0 Å². The maximum Gasteiger partial charge on any atom is 0.227 e. The predicted molar refractivity (Wildman–Crippen MR) is 90.1 cm³/mol. The summed E-state index contributed by atoms with van der Waals surface area (Å²) >= 11 is 0. The molecule has 2 unspecified atom stereocenters. The largest absolute Gasteiger partial charge is 0.342 e. The molecule has 0 aromatic heterocycles. The quantitative estimate of drug-likeness (QED) is 0.831. The van der Waals surface area contributed by atoms with Crippen LogP contribution in [-0.4, -0.2) is 61.4 Å². The molecule has 2 aliphatic rings. The van der Waals surface area contributed by atoms with Gasteiger partial charge in [-0.3, -0.25) is 9.59 Å². The summed E-state index contributed by atoms with van der Waals surface area (Å²) < 4.78 is 0. The third-order valence-electron chi connectivity index (χ3n) is 4.68. The average Bonchev–Trinajstić information content (AvgIpc) is 2.96. The fourth-order valence-electron chi connectivity index (χ4n) is 3.52. The van der Waals surface area contributed by atoms with Gasteiger partial charge in [0.2, 0.25) is 11.8 Å². The van der Waals surface area contributed by atoms with Crippen LogP contribution in [-0.2, 0) is 9.59 Å². The molecule has 2 aliphatic heterocycles. The van der Waals surface area contributed by atoms with Crippen molar-refractivity contribution in [1.82, 2.24) is 15.1 Å². The fourth-order valence-corrected chi connectivity index (χ4v) is 3.52. The minimum Gasteiger partial charge on any atom is -0.342 e. The van der Waals surface area contributed by atoms with Gasteiger partial charge in [-0.25, -0.2) is 0 Å². The maximum atomic E-state index is 12.6. The topological polar surface area (TPSA) is 52.7 Å². The highest BCUT2D eigenvalue weighted by molar-refractivity contribution is 5.85. The number of nitrogens with one attached hydrogen (secondary N) is 1. The zero-order valence-electron chi connectivity index (χ0n) is 13.8. The zero-order valence-corrected chi connectivity index (χ0v) is 14.7. The van der Waals surface area contributed by atoms with E-state index in [9.17, 15) is 9.59 Å². The molecule has 2 amide bonds. The van der Waals surface area contributed by atoms with Gasteiger partial charge in [0, 0.05) is 32.6 Å². The van der Waals surface area contributed by atoms with Gasteiger partial charge < -0.3 is 15.1 Å². The highest BCUT2D eigenvalue weighted by Crippen LogP contribution is 2.23. The average molecular weight is 332 g/mol. The Morgan fingerprint density at radius 3 is 2.59 bits per heavy atom. The number of carbonyl (C=O) groups excluding carboxylic acids is 2. The monoisotopic (exact) mass is 331 g/mol. The molecule has 2 atom stereocenters. The van der Waals surface area contributed by atoms with Gasteiger partial charge in [0.15, 0.2) is 0 Å². The number of halogens is 1. The minimum atomic E-state index is 0. The number of hydrogen-bond donors (Lipinski definition) is 1. The van der Waals surface area contributed by atoms with Gasteiger partial charge in [-0.2, -0.15) is 0 Å². The first kappa shape index (κ1) is 19.2. The summed E-state index contributed by atoms with van der Waals surface area (Å²) in [5.74, 6) is 1.08. The van der Waals surface area contributed by atoms with Crippen LogP contribution in [0.1, 0.15) is 39.0 Å². The normalized spacial score (nSPS) is 25.0. The summed E-state index contributed by atoms with van der Waals surface area (Å²) in [6.07, 6.45) is 4.47. The molecule has 2 heterocycles. The lowest BCUT2D eigenvalue weighted by Crippen LogP contribution is -2.46. The molecule has 0 aromatic carbocycles. The molecule has 22 heavy (non-hydrogen) atoms. The van der Waals surface area contributed by atoms with Crippen molar-refractivity contribution in [3.63, 3.8) is 0 Å². The molecule has 1 N–H and O–H groups in total. The molecule has 128 valence electrons. The van der Waals surface area contributed by atoms with E-state index in [1.165, 1.54) is 0 Å². The number of nitrogens with zero attached hydrogens (tertiary/aromatic N) is 2. The Balaban J connectivity index is 0.00000242. The van der Waals surface area contributed by atoms with E-state index in [0.717, 1.165) is 51.9 Å². The second kappa shape index (κ2) is 9.36. The summed E-state index contributed by atoms with van der Waals surface area (Å²) in [5.41, 5.74) is 0. The van der Waals surface area contributed by atoms with Gasteiger partial charge in [-0.15, -0.1) is 12.4 Å². The number of rotatable bonds is 5. The van der Waals surface area contributed by atoms with Crippen LogP contribution >= 0.6 is 12.4 Å². The van der Waals surface area contributed by atoms with E-state index in [2.05, 4.69) is 5.32 Å². The van der Waals surface area contributed by atoms with Crippen molar-refractivity contribution in [2.24, 2.45) is 11.8 Å². The number of carbonyl (C=O) groups is 2. The summed E-state index contributed by atoms with van der Waals surface area (Å²) in [4.78, 5) is 28.6. The van der Waals surface area contributed by atoms with Gasteiger partial charge in [-0.05, 0) is 45.2 Å². The zero-order chi connectivity index (χ0) is 15.2. The molecule has 2 fully saturated rings. The Morgan fingerprint density at radius 2 is 1.91 bits per heavy atom. The maximum absolute atomic E-state index is 12.6. The van der Waals surface area contributed by atoms with Gasteiger partial charge in [-0.1, -0.05) is 6.92 Å². The third-order valence-corrected chi connectivity index (χ3v) is 4.68. The second-order valence-electron chi connectivity index (χ2n) is 6.43. The molecule has 2 rings (SSSR count). The van der Waals surface area contributed by atoms with E-state index in [-0.39, 0.29) is 30.1 Å². The van der Waals surface area contributed by atoms with Crippen LogP contribution in [0.15, 0.2) is 0 Å². The van der Waals surface area contributed by atoms with Crippen LogP contribution in [0.3, 0.4) is 0 Å². The van der Waals surface area contributed by atoms with Crippen molar-refractivity contribution in [3.05, 3.63) is 0 Å². The Hall–Kier alpha value is -0.810. The van der Waals surface area contributed by atoms with E-state index in [0.29, 0.717) is 18.9 Å². The number of likely N-dealkylation sites (tertiary alicyclic amines) is 2. The Morgan fingerprint density at radius 1 is 1.14 bits per heavy atom. The first-order valence-electron chi connectivity index (χ1n) is 8.36. The van der Waals surface area contributed by atoms with Gasteiger partial charge in [0.1, 0.15) is 0 Å². The second-order valence-corrected chi connectivity index (χ2v) is 6.43. The van der Waals surface area contributed by atoms with Crippen molar-refractivity contribution >= 4 is 24.2 Å². The van der Waals surface area contributed by atoms with Crippen molar-refractivity contribution in [1.29, 1.82) is 0 Å². The third kappa shape index (κ3) is 4.85. The van der Waals surface area contributed by atoms with E-state index in [1.54, 1.807) is 0 Å². The smallest absolute Gasteiger partial charge is 0.227 e. The molecule has 0 bridgehead atoms. The molecule has 0 radical (unpaired) electrons. The van der Waals surface area contributed by atoms with Crippen molar-refractivity contribution in [3.8, 4) is 0 Å². The molecular formula is C16H30ClN3O2. The van der Waals surface area contributed by atoms with E-state index in [1.807, 2.05) is 23.8 Å². The van der Waals surface area contributed by atoms with Crippen LogP contribution in [0.25, 0.3) is 0 Å². The molecular weight excluding hydrogens is 302 g/mol. The van der Waals surface area contributed by atoms with E-state index in [4.69, 9.17) is 0 Å². The van der Waals surface area contributed by atoms with Crippen molar-refractivity contribution < 1.29 is 9.59 Å². The Kier molecular flexibility index (Phi) is 8.18. The molecule has 0 aliphatic carbocycles. The molecule has 6 heteroatoms. The first-order chi connectivity index (χ1) is 10.2. The summed E-state index contributed by atoms with van der Waals surface area (Å²) in [6.45, 7) is 6.21. The standard InChI is InChI=1S/C16H29N3O2.ClH/c1-3-5-15(20)18-8-4-6-14(12-18)16(21)19-9-7-13(11-19)10-17-2;/h13-14,17H,3-12H2,1-2H3;1H. The number of hydrogen-bond acceptors (Lipinski definition) is 3. The van der Waals surface area contributed by atoms with Crippen LogP contribution < -0.4 is 5.32 Å². The van der Waals surface area contributed by atoms with Crippen molar-refractivity contribution in [2.45, 2.75) is 39.0 Å². The molecule has 0 aromatic rings. The van der Waals surface area contributed by atoms with Crippen LogP contribution in [0.4, 0.5) is 0 Å². The Labute approximate surface area is 140 Å². The molecule has 0 spiro atoms. The van der Waals surface area contributed by atoms with Gasteiger partial charge in [0.25, 0.3) is 0 Å². The highest BCUT2D eigenvalue weighted by atomic mass is 35.5. The first-order valence-corrected chi connectivity index (χ1v) is 8.36. The van der Waals surface area contributed by atoms with Gasteiger partial charge >= 0.3 is 0 Å². The number of piperidine rings is 1. The minimum absolute atomic E-state index is 0. The fraction of sp³-hybridized carbons (Fsp3) is 0.875. The van der Waals surface area contributed by atoms with E-state index >= 15 is 0 Å². The molecule has 0 saturated carbocycles. The number of amides is 2. The van der Waals surface area contributed by atoms with Crippen LogP contribution in [0.5, 0.6) is 0 Å². The lowest BCUT2D eigenvalue weighted by Gasteiger charge is -2.34. The highest BCUT2D eigenvalue weighted by Gasteiger charge is 2.34. The lowest BCUT2D eigenvalue weighted by molar-refractivity contribution is -0.140. The molecule has 2 saturated heterocycles. The molecule has 5 nitrogen and oxygen atoms in total. The van der Waals surface area contributed by atoms with Crippen molar-refractivity contribution in [2.75, 3.05) is 39.8 Å². The predicted octanol–water partition coefficient (Wildman–Crippen LogP) is 1.51. The summed E-state index contributed by atoms with van der Waals surface area (Å²) in [7, 11) is 1.96. The Bertz CT molecular complexity index is 378. The lowest BCUT2D eigenvalue weighted by atomic mass is 9.96. The van der Waals surface area contributed by atoms with Crippen LogP contribution in [0.2, 0.25) is 0 Å². The summed E-state index contributed by atoms with van der Waals surface area (Å²) in [6, 6.07) is 0.